The largest absolute Gasteiger partial charge is 0.369 e. The van der Waals surface area contributed by atoms with E-state index in [1.807, 2.05) is 4.90 Å². The standard InChI is InChI=1S/C28H42N2O2/c1-2-3-4-5-6-7-8-9-10-11-12-13-14-15-16-17-18-19-20-21-27(31)30-24-22-26(23-25-30)28(29)32/h3-4,6-7,9-10,12-13,15-16,18-19,26H,2,5,8,11,14,17,20-25H2,1H3,(H2,29,32)/b4-3-,7-6-,10-9-,13-12-,16-15-,19-18-. The molecule has 0 atom stereocenters. The van der Waals surface area contributed by atoms with Crippen LogP contribution >= 0.6 is 0 Å². The number of nitrogens with zero attached hydrogens (tertiary/aromatic N) is 1. The molecule has 0 saturated carbocycles. The van der Waals surface area contributed by atoms with Crippen LogP contribution in [0.25, 0.3) is 0 Å². The van der Waals surface area contributed by atoms with Gasteiger partial charge in [0.15, 0.2) is 0 Å². The molecule has 4 heteroatoms. The minimum atomic E-state index is -0.241. The van der Waals surface area contributed by atoms with Crippen LogP contribution in [0.2, 0.25) is 0 Å². The first kappa shape index (κ1) is 27.4. The summed E-state index contributed by atoms with van der Waals surface area (Å²) in [4.78, 5) is 25.2. The summed E-state index contributed by atoms with van der Waals surface area (Å²) < 4.78 is 0. The normalized spacial score (nSPS) is 16.2. The molecule has 2 N–H and O–H groups in total. The highest BCUT2D eigenvalue weighted by atomic mass is 16.2. The van der Waals surface area contributed by atoms with Gasteiger partial charge in [0.1, 0.15) is 0 Å². The van der Waals surface area contributed by atoms with Crippen LogP contribution in [0, 0.1) is 5.92 Å². The van der Waals surface area contributed by atoms with Crippen LogP contribution in [0.3, 0.4) is 0 Å². The van der Waals surface area contributed by atoms with Crippen LogP contribution in [-0.2, 0) is 9.59 Å². The molecule has 1 saturated heterocycles. The van der Waals surface area contributed by atoms with E-state index in [2.05, 4.69) is 79.8 Å². The zero-order valence-electron chi connectivity index (χ0n) is 19.8. The first-order valence-electron chi connectivity index (χ1n) is 12.1. The molecule has 176 valence electrons. The molecule has 0 unspecified atom stereocenters. The van der Waals surface area contributed by atoms with Crippen LogP contribution < -0.4 is 5.73 Å². The maximum absolute atomic E-state index is 12.2. The Morgan fingerprint density at radius 2 is 1.12 bits per heavy atom. The van der Waals surface area contributed by atoms with Crippen molar-refractivity contribution in [3.05, 3.63) is 72.9 Å². The Hall–Kier alpha value is -2.62. The second-order valence-electron chi connectivity index (χ2n) is 8.01. The molecule has 0 radical (unpaired) electrons. The van der Waals surface area contributed by atoms with E-state index in [9.17, 15) is 9.59 Å². The first-order valence-corrected chi connectivity index (χ1v) is 12.1. The van der Waals surface area contributed by atoms with Crippen molar-refractivity contribution in [3.63, 3.8) is 0 Å². The van der Waals surface area contributed by atoms with Crippen LogP contribution in [0.4, 0.5) is 0 Å². The Labute approximate surface area is 195 Å². The Morgan fingerprint density at radius 1 is 0.719 bits per heavy atom. The van der Waals surface area contributed by atoms with Gasteiger partial charge in [-0.15, -0.1) is 0 Å². The molecule has 1 heterocycles. The number of carbonyl (C=O) groups is 2. The molecule has 0 aliphatic carbocycles. The fourth-order valence-electron chi connectivity index (χ4n) is 3.42. The Bertz CT molecular complexity index is 690. The number of carbonyl (C=O) groups excluding carboxylic acids is 2. The van der Waals surface area contributed by atoms with E-state index in [0.29, 0.717) is 32.4 Å². The molecule has 0 bridgehead atoms. The Balaban J connectivity index is 2.00. The lowest BCUT2D eigenvalue weighted by molar-refractivity contribution is -0.134. The van der Waals surface area contributed by atoms with Crippen LogP contribution in [0.1, 0.15) is 71.1 Å². The molecule has 0 aromatic rings. The second-order valence-corrected chi connectivity index (χ2v) is 8.01. The van der Waals surface area contributed by atoms with Gasteiger partial charge in [-0.25, -0.2) is 0 Å². The van der Waals surface area contributed by atoms with Gasteiger partial charge in [-0.3, -0.25) is 9.59 Å². The number of piperidine rings is 1. The van der Waals surface area contributed by atoms with Crippen molar-refractivity contribution < 1.29 is 9.59 Å². The molecule has 1 aliphatic rings. The molecule has 1 fully saturated rings. The average Bonchev–Trinajstić information content (AvgIpc) is 2.80. The zero-order chi connectivity index (χ0) is 23.3. The average molecular weight is 439 g/mol. The van der Waals surface area contributed by atoms with Gasteiger partial charge in [0, 0.05) is 25.4 Å². The van der Waals surface area contributed by atoms with Crippen LogP contribution in [-0.4, -0.2) is 29.8 Å². The van der Waals surface area contributed by atoms with Crippen molar-refractivity contribution in [3.8, 4) is 0 Å². The zero-order valence-corrected chi connectivity index (χ0v) is 19.8. The van der Waals surface area contributed by atoms with E-state index < -0.39 is 0 Å². The molecule has 0 spiro atoms. The molecule has 2 amide bonds. The summed E-state index contributed by atoms with van der Waals surface area (Å²) in [6.45, 7) is 3.45. The van der Waals surface area contributed by atoms with Crippen molar-refractivity contribution >= 4 is 11.8 Å². The lowest BCUT2D eigenvalue weighted by Gasteiger charge is -2.30. The van der Waals surface area contributed by atoms with Gasteiger partial charge in [0.2, 0.25) is 11.8 Å². The van der Waals surface area contributed by atoms with Crippen molar-refractivity contribution in [2.75, 3.05) is 13.1 Å². The minimum absolute atomic E-state index is 0.0672. The fraction of sp³-hybridized carbons (Fsp3) is 0.500. The van der Waals surface area contributed by atoms with Crippen LogP contribution in [0.15, 0.2) is 72.9 Å². The Kier molecular flexibility index (Phi) is 16.4. The topological polar surface area (TPSA) is 63.4 Å². The molecule has 32 heavy (non-hydrogen) atoms. The number of nitrogens with two attached hydrogens (primary N) is 1. The highest BCUT2D eigenvalue weighted by Gasteiger charge is 2.25. The maximum Gasteiger partial charge on any atom is 0.222 e. The van der Waals surface area contributed by atoms with E-state index in [1.165, 1.54) is 0 Å². The van der Waals surface area contributed by atoms with Gasteiger partial charge in [-0.1, -0.05) is 79.8 Å². The second kappa shape index (κ2) is 19.1. The van der Waals surface area contributed by atoms with E-state index in [0.717, 1.165) is 44.9 Å². The number of hydrogen-bond acceptors (Lipinski definition) is 2. The van der Waals surface area contributed by atoms with E-state index in [-0.39, 0.29) is 17.7 Å². The van der Waals surface area contributed by atoms with Gasteiger partial charge in [0.05, 0.1) is 0 Å². The van der Waals surface area contributed by atoms with Crippen LogP contribution in [0.5, 0.6) is 0 Å². The molecule has 1 aliphatic heterocycles. The fourth-order valence-corrected chi connectivity index (χ4v) is 3.42. The Morgan fingerprint density at radius 3 is 1.53 bits per heavy atom. The number of likely N-dealkylation sites (tertiary alicyclic amines) is 1. The first-order chi connectivity index (χ1) is 15.6. The number of allylic oxidation sites excluding steroid dienone is 12. The van der Waals surface area contributed by atoms with Crippen molar-refractivity contribution in [2.24, 2.45) is 11.7 Å². The lowest BCUT2D eigenvalue weighted by atomic mass is 9.96. The summed E-state index contributed by atoms with van der Waals surface area (Å²) in [5.41, 5.74) is 5.34. The smallest absolute Gasteiger partial charge is 0.222 e. The quantitative estimate of drug-likeness (QED) is 0.310. The maximum atomic E-state index is 12.2. The van der Waals surface area contributed by atoms with E-state index in [4.69, 9.17) is 5.73 Å². The summed E-state index contributed by atoms with van der Waals surface area (Å²) in [6, 6.07) is 0. The molecule has 0 aromatic carbocycles. The van der Waals surface area contributed by atoms with Gasteiger partial charge in [0.25, 0.3) is 0 Å². The number of amides is 2. The third kappa shape index (κ3) is 14.4. The highest BCUT2D eigenvalue weighted by Crippen LogP contribution is 2.17. The molecular weight excluding hydrogens is 396 g/mol. The predicted molar refractivity (Wildman–Crippen MR) is 136 cm³/mol. The summed E-state index contributed by atoms with van der Waals surface area (Å²) >= 11 is 0. The monoisotopic (exact) mass is 438 g/mol. The summed E-state index contributed by atoms with van der Waals surface area (Å²) in [5.74, 6) is -0.134. The van der Waals surface area contributed by atoms with Crippen molar-refractivity contribution in [1.82, 2.24) is 4.90 Å². The van der Waals surface area contributed by atoms with Gasteiger partial charge in [-0.2, -0.15) is 0 Å². The molecule has 0 aromatic heterocycles. The lowest BCUT2D eigenvalue weighted by Crippen LogP contribution is -2.41. The number of primary amides is 1. The number of rotatable bonds is 15. The number of hydrogen-bond donors (Lipinski definition) is 1. The predicted octanol–water partition coefficient (Wildman–Crippen LogP) is 6.19. The minimum Gasteiger partial charge on any atom is -0.369 e. The molecule has 4 nitrogen and oxygen atoms in total. The van der Waals surface area contributed by atoms with Gasteiger partial charge in [-0.05, 0) is 57.8 Å². The van der Waals surface area contributed by atoms with E-state index >= 15 is 0 Å². The summed E-state index contributed by atoms with van der Waals surface area (Å²) in [6.07, 6.45) is 34.8. The summed E-state index contributed by atoms with van der Waals surface area (Å²) in [7, 11) is 0. The van der Waals surface area contributed by atoms with Gasteiger partial charge < -0.3 is 10.6 Å². The SMILES string of the molecule is CC/C=C\C/C=C\C/C=C\C/C=C\C/C=C\C/C=C\CCC(=O)N1CCC(C(N)=O)CC1. The summed E-state index contributed by atoms with van der Waals surface area (Å²) in [5, 5.41) is 0. The molecule has 1 rings (SSSR count). The van der Waals surface area contributed by atoms with Crippen molar-refractivity contribution in [2.45, 2.75) is 71.1 Å². The van der Waals surface area contributed by atoms with Crippen molar-refractivity contribution in [1.29, 1.82) is 0 Å². The third-order valence-corrected chi connectivity index (χ3v) is 5.37. The van der Waals surface area contributed by atoms with Gasteiger partial charge >= 0.3 is 0 Å². The third-order valence-electron chi connectivity index (χ3n) is 5.37. The molecular formula is C28H42N2O2. The highest BCUT2D eigenvalue weighted by molar-refractivity contribution is 5.78. The van der Waals surface area contributed by atoms with E-state index in [1.54, 1.807) is 0 Å².